The highest BCUT2D eigenvalue weighted by atomic mass is 16.4. The van der Waals surface area contributed by atoms with E-state index < -0.39 is 5.92 Å². The van der Waals surface area contributed by atoms with Crippen LogP contribution in [0, 0.1) is 17.8 Å². The van der Waals surface area contributed by atoms with Crippen molar-refractivity contribution in [3.63, 3.8) is 0 Å². The first-order valence-corrected chi connectivity index (χ1v) is 7.25. The molecule has 1 fully saturated rings. The van der Waals surface area contributed by atoms with Crippen LogP contribution in [0.3, 0.4) is 0 Å². The summed E-state index contributed by atoms with van der Waals surface area (Å²) in [5, 5.41) is 14.8. The standard InChI is InChI=1S/C14H27N3O2/c1-9(2)12(13(15)17-19)14(18)16-10(3)11-7-5-4-6-8-11/h9-12,19H,4-8H2,1-3H3,(H2,15,17)(H,16,18). The van der Waals surface area contributed by atoms with Gasteiger partial charge >= 0.3 is 0 Å². The molecular formula is C14H27N3O2. The molecule has 0 saturated heterocycles. The molecule has 0 radical (unpaired) electrons. The van der Waals surface area contributed by atoms with Crippen LogP contribution in [0.4, 0.5) is 0 Å². The third-order valence-electron chi connectivity index (χ3n) is 4.11. The first-order valence-electron chi connectivity index (χ1n) is 7.25. The number of oxime groups is 1. The molecule has 2 unspecified atom stereocenters. The van der Waals surface area contributed by atoms with E-state index in [9.17, 15) is 4.79 Å². The Labute approximate surface area is 115 Å². The van der Waals surface area contributed by atoms with Crippen LogP contribution in [0.2, 0.25) is 0 Å². The molecule has 1 amide bonds. The van der Waals surface area contributed by atoms with Crippen LogP contribution in [-0.4, -0.2) is 23.0 Å². The van der Waals surface area contributed by atoms with E-state index in [1.807, 2.05) is 13.8 Å². The molecule has 0 aromatic carbocycles. The molecule has 5 nitrogen and oxygen atoms in total. The maximum atomic E-state index is 12.3. The van der Waals surface area contributed by atoms with Crippen LogP contribution in [0.5, 0.6) is 0 Å². The summed E-state index contributed by atoms with van der Waals surface area (Å²) in [6.07, 6.45) is 6.15. The number of amides is 1. The molecule has 19 heavy (non-hydrogen) atoms. The summed E-state index contributed by atoms with van der Waals surface area (Å²) in [4.78, 5) is 12.3. The van der Waals surface area contributed by atoms with Crippen LogP contribution in [-0.2, 0) is 4.79 Å². The Hall–Kier alpha value is -1.26. The Kier molecular flexibility index (Phi) is 6.12. The third kappa shape index (κ3) is 4.40. The Morgan fingerprint density at radius 2 is 1.84 bits per heavy atom. The third-order valence-corrected chi connectivity index (χ3v) is 4.11. The predicted octanol–water partition coefficient (Wildman–Crippen LogP) is 2.09. The van der Waals surface area contributed by atoms with Gasteiger partial charge in [-0.15, -0.1) is 0 Å². The minimum absolute atomic E-state index is 0.00876. The van der Waals surface area contributed by atoms with Gasteiger partial charge in [0, 0.05) is 6.04 Å². The van der Waals surface area contributed by atoms with E-state index in [0.717, 1.165) is 0 Å². The molecular weight excluding hydrogens is 242 g/mol. The minimum Gasteiger partial charge on any atom is -0.409 e. The Balaban J connectivity index is 2.60. The summed E-state index contributed by atoms with van der Waals surface area (Å²) in [5.74, 6) is -0.144. The topological polar surface area (TPSA) is 87.7 Å². The fourth-order valence-electron chi connectivity index (χ4n) is 2.91. The van der Waals surface area contributed by atoms with Gasteiger partial charge in [-0.2, -0.15) is 0 Å². The lowest BCUT2D eigenvalue weighted by Gasteiger charge is -2.30. The monoisotopic (exact) mass is 269 g/mol. The molecule has 0 aliphatic heterocycles. The molecule has 0 heterocycles. The number of nitrogens with one attached hydrogen (secondary N) is 1. The zero-order valence-electron chi connectivity index (χ0n) is 12.2. The second-order valence-electron chi connectivity index (χ2n) is 5.94. The van der Waals surface area contributed by atoms with E-state index in [4.69, 9.17) is 10.9 Å². The lowest BCUT2D eigenvalue weighted by molar-refractivity contribution is -0.125. The van der Waals surface area contributed by atoms with E-state index in [1.165, 1.54) is 32.1 Å². The van der Waals surface area contributed by atoms with Gasteiger partial charge < -0.3 is 16.3 Å². The summed E-state index contributed by atoms with van der Waals surface area (Å²) in [5.41, 5.74) is 5.61. The van der Waals surface area contributed by atoms with Gasteiger partial charge in [-0.3, -0.25) is 4.79 Å². The summed E-state index contributed by atoms with van der Waals surface area (Å²) >= 11 is 0. The number of nitrogens with zero attached hydrogens (tertiary/aromatic N) is 1. The highest BCUT2D eigenvalue weighted by Gasteiger charge is 2.29. The van der Waals surface area contributed by atoms with Crippen LogP contribution in [0.1, 0.15) is 52.9 Å². The smallest absolute Gasteiger partial charge is 0.231 e. The molecule has 0 spiro atoms. The van der Waals surface area contributed by atoms with Crippen molar-refractivity contribution in [1.82, 2.24) is 5.32 Å². The van der Waals surface area contributed by atoms with Gasteiger partial charge in [0.25, 0.3) is 0 Å². The van der Waals surface area contributed by atoms with Gasteiger partial charge in [0.2, 0.25) is 5.91 Å². The number of hydrogen-bond acceptors (Lipinski definition) is 3. The van der Waals surface area contributed by atoms with Crippen molar-refractivity contribution in [2.45, 2.75) is 58.9 Å². The number of carbonyl (C=O) groups is 1. The number of amidine groups is 1. The van der Waals surface area contributed by atoms with Gasteiger partial charge in [-0.05, 0) is 31.6 Å². The zero-order chi connectivity index (χ0) is 14.4. The maximum Gasteiger partial charge on any atom is 0.231 e. The molecule has 110 valence electrons. The van der Waals surface area contributed by atoms with Crippen LogP contribution >= 0.6 is 0 Å². The predicted molar refractivity (Wildman–Crippen MR) is 75.9 cm³/mol. The van der Waals surface area contributed by atoms with Gasteiger partial charge in [-0.1, -0.05) is 38.3 Å². The van der Waals surface area contributed by atoms with Crippen molar-refractivity contribution < 1.29 is 10.0 Å². The Morgan fingerprint density at radius 3 is 2.32 bits per heavy atom. The molecule has 1 rings (SSSR count). The van der Waals surface area contributed by atoms with E-state index in [0.29, 0.717) is 5.92 Å². The van der Waals surface area contributed by atoms with E-state index in [-0.39, 0.29) is 23.7 Å². The summed E-state index contributed by atoms with van der Waals surface area (Å²) in [6, 6.07) is 0.153. The maximum absolute atomic E-state index is 12.3. The van der Waals surface area contributed by atoms with Crippen molar-refractivity contribution in [1.29, 1.82) is 0 Å². The van der Waals surface area contributed by atoms with Crippen molar-refractivity contribution in [2.24, 2.45) is 28.6 Å². The molecule has 1 saturated carbocycles. The number of hydrogen-bond donors (Lipinski definition) is 3. The van der Waals surface area contributed by atoms with E-state index in [1.54, 1.807) is 0 Å². The molecule has 5 heteroatoms. The van der Waals surface area contributed by atoms with Crippen LogP contribution < -0.4 is 11.1 Å². The molecule has 2 atom stereocenters. The van der Waals surface area contributed by atoms with Gasteiger partial charge in [-0.25, -0.2) is 0 Å². The summed E-state index contributed by atoms with van der Waals surface area (Å²) in [7, 11) is 0. The lowest BCUT2D eigenvalue weighted by Crippen LogP contribution is -2.47. The Morgan fingerprint density at radius 1 is 1.26 bits per heavy atom. The fourth-order valence-corrected chi connectivity index (χ4v) is 2.91. The van der Waals surface area contributed by atoms with Crippen LogP contribution in [0.25, 0.3) is 0 Å². The molecule has 0 aromatic rings. The first kappa shape index (κ1) is 15.8. The quantitative estimate of drug-likeness (QED) is 0.309. The lowest BCUT2D eigenvalue weighted by atomic mass is 9.84. The highest BCUT2D eigenvalue weighted by Crippen LogP contribution is 2.26. The molecule has 1 aliphatic rings. The van der Waals surface area contributed by atoms with E-state index >= 15 is 0 Å². The van der Waals surface area contributed by atoms with Gasteiger partial charge in [0.15, 0.2) is 5.84 Å². The fraction of sp³-hybridized carbons (Fsp3) is 0.857. The van der Waals surface area contributed by atoms with Crippen molar-refractivity contribution in [3.05, 3.63) is 0 Å². The first-order chi connectivity index (χ1) is 8.97. The Bertz CT molecular complexity index is 323. The average Bonchev–Trinajstić information content (AvgIpc) is 2.39. The SMILES string of the molecule is CC(C)C(C(=O)NC(C)C1CCCCC1)C(N)=NO. The average molecular weight is 269 g/mol. The van der Waals surface area contributed by atoms with Crippen molar-refractivity contribution >= 4 is 11.7 Å². The number of rotatable bonds is 5. The van der Waals surface area contributed by atoms with Gasteiger partial charge in [0.05, 0.1) is 0 Å². The van der Waals surface area contributed by atoms with Crippen molar-refractivity contribution in [3.8, 4) is 0 Å². The van der Waals surface area contributed by atoms with Crippen LogP contribution in [0.15, 0.2) is 5.16 Å². The highest BCUT2D eigenvalue weighted by molar-refractivity contribution is 6.02. The van der Waals surface area contributed by atoms with E-state index in [2.05, 4.69) is 17.4 Å². The summed E-state index contributed by atoms with van der Waals surface area (Å²) < 4.78 is 0. The normalized spacial score (nSPS) is 21.2. The molecule has 0 bridgehead atoms. The van der Waals surface area contributed by atoms with Gasteiger partial charge in [0.1, 0.15) is 5.92 Å². The summed E-state index contributed by atoms with van der Waals surface area (Å²) in [6.45, 7) is 5.85. The molecule has 1 aliphatic carbocycles. The van der Waals surface area contributed by atoms with Crippen molar-refractivity contribution in [2.75, 3.05) is 0 Å². The zero-order valence-corrected chi connectivity index (χ0v) is 12.2. The number of carbonyl (C=O) groups excluding carboxylic acids is 1. The molecule has 4 N–H and O–H groups in total. The second kappa shape index (κ2) is 7.36. The minimum atomic E-state index is -0.559. The second-order valence-corrected chi connectivity index (χ2v) is 5.94. The molecule has 0 aromatic heterocycles. The largest absolute Gasteiger partial charge is 0.409 e. The number of nitrogens with two attached hydrogens (primary N) is 1.